The average molecular weight is 507 g/mol. The number of hydrogen-bond acceptors (Lipinski definition) is 6. The molecule has 2 fully saturated rings. The molecule has 0 bridgehead atoms. The quantitative estimate of drug-likeness (QED) is 0.640. The number of nitrogens with zero attached hydrogens (tertiary/aromatic N) is 6. The van der Waals surface area contributed by atoms with Crippen LogP contribution in [0.2, 0.25) is 0 Å². The van der Waals surface area contributed by atoms with Crippen molar-refractivity contribution in [2.24, 2.45) is 5.41 Å². The van der Waals surface area contributed by atoms with Crippen LogP contribution in [0.25, 0.3) is 11.3 Å². The van der Waals surface area contributed by atoms with Crippen molar-refractivity contribution in [3.8, 4) is 17.3 Å². The molecule has 36 heavy (non-hydrogen) atoms. The van der Waals surface area contributed by atoms with E-state index < -0.39 is 29.4 Å². The number of aliphatic hydroxyl groups is 1. The van der Waals surface area contributed by atoms with Crippen LogP contribution in [-0.4, -0.2) is 67.8 Å². The van der Waals surface area contributed by atoms with E-state index in [-0.39, 0.29) is 35.6 Å². The summed E-state index contributed by atoms with van der Waals surface area (Å²) in [6, 6.07) is 1.74. The zero-order valence-corrected chi connectivity index (χ0v) is 20.3. The molecule has 2 aliphatic rings. The second-order valence-corrected chi connectivity index (χ2v) is 10.4. The molecule has 0 aromatic carbocycles. The Kier molecular flexibility index (Phi) is 6.64. The van der Waals surface area contributed by atoms with Crippen molar-refractivity contribution in [1.82, 2.24) is 19.7 Å². The van der Waals surface area contributed by atoms with Gasteiger partial charge in [-0.15, -0.1) is 0 Å². The van der Waals surface area contributed by atoms with Crippen molar-refractivity contribution >= 4 is 11.9 Å². The van der Waals surface area contributed by atoms with Gasteiger partial charge in [0, 0.05) is 30.9 Å². The van der Waals surface area contributed by atoms with Crippen molar-refractivity contribution in [3.63, 3.8) is 0 Å². The number of nitriles is 1. The number of pyridine rings is 1. The third-order valence-electron chi connectivity index (χ3n) is 7.14. The maximum atomic E-state index is 13.9. The fraction of sp³-hybridized carbons (Fsp3) is 0.583. The Balaban J connectivity index is 1.70. The van der Waals surface area contributed by atoms with Gasteiger partial charge in [-0.1, -0.05) is 20.8 Å². The van der Waals surface area contributed by atoms with Crippen LogP contribution in [-0.2, 0) is 6.18 Å². The third kappa shape index (κ3) is 4.72. The lowest BCUT2D eigenvalue weighted by Gasteiger charge is -2.44. The maximum Gasteiger partial charge on any atom is 0.417 e. The molecule has 194 valence electrons. The number of anilines is 1. The Hall–Kier alpha value is -3.33. The van der Waals surface area contributed by atoms with Gasteiger partial charge in [0.15, 0.2) is 0 Å². The first-order valence-corrected chi connectivity index (χ1v) is 11.8. The standard InChI is InChI=1S/C24H29F3N6O3/c1-23(2,3)20-8-15(4-7-32(20)22(35)36)33-12-14(11-29-33)19-9-18(24(25,26)27)17(10-28)21(30-19)31-6-5-16(31)13-34/h9,11-12,15-16,20,34H,4-8,13H2,1-3H3,(H,35,36)/t15?,16-,20?/m1/s1. The molecule has 0 radical (unpaired) electrons. The Morgan fingerprint density at radius 3 is 2.50 bits per heavy atom. The molecule has 0 saturated carbocycles. The predicted octanol–water partition coefficient (Wildman–Crippen LogP) is 4.14. The number of aromatic nitrogens is 3. The minimum atomic E-state index is -4.77. The van der Waals surface area contributed by atoms with Gasteiger partial charge in [0.1, 0.15) is 17.5 Å². The molecule has 1 amide bonds. The van der Waals surface area contributed by atoms with Crippen LogP contribution in [0.15, 0.2) is 18.5 Å². The number of hydrogen-bond donors (Lipinski definition) is 2. The molecule has 2 aliphatic heterocycles. The summed E-state index contributed by atoms with van der Waals surface area (Å²) in [6.45, 7) is 6.39. The van der Waals surface area contributed by atoms with Crippen LogP contribution in [0.5, 0.6) is 0 Å². The fourth-order valence-corrected chi connectivity index (χ4v) is 5.04. The summed E-state index contributed by atoms with van der Waals surface area (Å²) in [5.41, 5.74) is -1.56. The number of aliphatic hydroxyl groups excluding tert-OH is 1. The first-order chi connectivity index (χ1) is 16.8. The Labute approximate surface area is 206 Å². The smallest absolute Gasteiger partial charge is 0.417 e. The van der Waals surface area contributed by atoms with Crippen LogP contribution >= 0.6 is 0 Å². The van der Waals surface area contributed by atoms with Crippen molar-refractivity contribution in [1.29, 1.82) is 5.26 Å². The molecule has 12 heteroatoms. The predicted molar refractivity (Wildman–Crippen MR) is 124 cm³/mol. The van der Waals surface area contributed by atoms with Crippen molar-refractivity contribution in [2.45, 2.75) is 64.3 Å². The van der Waals surface area contributed by atoms with Gasteiger partial charge < -0.3 is 20.0 Å². The minimum absolute atomic E-state index is 0.0292. The Bertz CT molecular complexity index is 1180. The van der Waals surface area contributed by atoms with Gasteiger partial charge in [-0.25, -0.2) is 9.78 Å². The van der Waals surface area contributed by atoms with Crippen molar-refractivity contribution in [3.05, 3.63) is 29.6 Å². The first-order valence-electron chi connectivity index (χ1n) is 11.8. The van der Waals surface area contributed by atoms with E-state index in [1.165, 1.54) is 16.0 Å². The van der Waals surface area contributed by atoms with E-state index in [0.29, 0.717) is 37.9 Å². The molecule has 4 rings (SSSR count). The molecule has 0 aliphatic carbocycles. The third-order valence-corrected chi connectivity index (χ3v) is 7.14. The molecule has 9 nitrogen and oxygen atoms in total. The zero-order chi connectivity index (χ0) is 26.4. The van der Waals surface area contributed by atoms with E-state index >= 15 is 0 Å². The van der Waals surface area contributed by atoms with Gasteiger partial charge in [0.05, 0.1) is 36.1 Å². The summed E-state index contributed by atoms with van der Waals surface area (Å²) >= 11 is 0. The van der Waals surface area contributed by atoms with Crippen molar-refractivity contribution in [2.75, 3.05) is 24.6 Å². The molecular weight excluding hydrogens is 477 g/mol. The van der Waals surface area contributed by atoms with E-state index in [1.807, 2.05) is 20.8 Å². The average Bonchev–Trinajstić information content (AvgIpc) is 3.27. The van der Waals surface area contributed by atoms with Crippen LogP contribution in [0.1, 0.15) is 57.2 Å². The highest BCUT2D eigenvalue weighted by Crippen LogP contribution is 2.41. The number of halogens is 3. The topological polar surface area (TPSA) is 119 Å². The second kappa shape index (κ2) is 9.28. The highest BCUT2D eigenvalue weighted by molar-refractivity contribution is 5.69. The van der Waals surface area contributed by atoms with Gasteiger partial charge >= 0.3 is 12.3 Å². The highest BCUT2D eigenvalue weighted by Gasteiger charge is 2.41. The second-order valence-electron chi connectivity index (χ2n) is 10.4. The summed E-state index contributed by atoms with van der Waals surface area (Å²) in [6.07, 6.45) is -1.05. The summed E-state index contributed by atoms with van der Waals surface area (Å²) in [7, 11) is 0. The molecule has 0 spiro atoms. The van der Waals surface area contributed by atoms with E-state index in [9.17, 15) is 33.4 Å². The monoisotopic (exact) mass is 506 g/mol. The number of likely N-dealkylation sites (tertiary alicyclic amines) is 1. The normalized spacial score (nSPS) is 22.8. The molecule has 3 atom stereocenters. The summed E-state index contributed by atoms with van der Waals surface area (Å²) in [4.78, 5) is 19.1. The van der Waals surface area contributed by atoms with E-state index in [0.717, 1.165) is 6.07 Å². The van der Waals surface area contributed by atoms with Crippen LogP contribution in [0.4, 0.5) is 23.8 Å². The first kappa shape index (κ1) is 25.8. The zero-order valence-electron chi connectivity index (χ0n) is 20.3. The number of carboxylic acid groups (broad SMARTS) is 1. The highest BCUT2D eigenvalue weighted by atomic mass is 19.4. The number of alkyl halides is 3. The number of amides is 1. The molecule has 2 N–H and O–H groups in total. The Morgan fingerprint density at radius 1 is 1.25 bits per heavy atom. The number of piperidine rings is 1. The molecule has 2 saturated heterocycles. The van der Waals surface area contributed by atoms with Gasteiger partial charge in [-0.2, -0.15) is 23.5 Å². The summed E-state index contributed by atoms with van der Waals surface area (Å²) in [5, 5.41) is 33.1. The maximum absolute atomic E-state index is 13.9. The van der Waals surface area contributed by atoms with Crippen LogP contribution in [0, 0.1) is 16.7 Å². The van der Waals surface area contributed by atoms with Gasteiger partial charge in [-0.05, 0) is 30.7 Å². The number of rotatable bonds is 4. The van der Waals surface area contributed by atoms with Gasteiger partial charge in [0.25, 0.3) is 0 Å². The van der Waals surface area contributed by atoms with Crippen LogP contribution in [0.3, 0.4) is 0 Å². The minimum Gasteiger partial charge on any atom is -0.465 e. The Morgan fingerprint density at radius 2 is 1.97 bits per heavy atom. The molecule has 2 aromatic rings. The summed E-state index contributed by atoms with van der Waals surface area (Å²) < 4.78 is 43.4. The lowest BCUT2D eigenvalue weighted by Crippen LogP contribution is -2.51. The SMILES string of the molecule is CC(C)(C)C1CC(n2cc(-c3cc(C(F)(F)F)c(C#N)c(N4CC[C@@H]4CO)n3)cn2)CCN1C(=O)O. The molecule has 2 unspecified atom stereocenters. The van der Waals surface area contributed by atoms with E-state index in [4.69, 9.17) is 0 Å². The largest absolute Gasteiger partial charge is 0.465 e. The van der Waals surface area contributed by atoms with E-state index in [2.05, 4.69) is 10.1 Å². The number of carbonyl (C=O) groups is 1. The fourth-order valence-electron chi connectivity index (χ4n) is 5.04. The molecule has 4 heterocycles. The lowest BCUT2D eigenvalue weighted by molar-refractivity contribution is -0.137. The van der Waals surface area contributed by atoms with Gasteiger partial charge in [0.2, 0.25) is 0 Å². The van der Waals surface area contributed by atoms with Crippen LogP contribution < -0.4 is 4.90 Å². The molecular formula is C24H29F3N6O3. The molecule has 2 aromatic heterocycles. The van der Waals surface area contributed by atoms with Crippen molar-refractivity contribution < 1.29 is 28.2 Å². The van der Waals surface area contributed by atoms with E-state index in [1.54, 1.807) is 16.9 Å². The summed E-state index contributed by atoms with van der Waals surface area (Å²) in [5.74, 6) is -0.0945. The lowest BCUT2D eigenvalue weighted by atomic mass is 9.79. The van der Waals surface area contributed by atoms with Gasteiger partial charge in [-0.3, -0.25) is 4.68 Å².